The number of rotatable bonds is 7. The number of benzene rings is 2. The monoisotopic (exact) mass is 436 g/mol. The molecule has 3 rings (SSSR count). The molecule has 2 aromatic carbocycles. The summed E-state index contributed by atoms with van der Waals surface area (Å²) in [6, 6.07) is 11.8. The second kappa shape index (κ2) is 10.5. The van der Waals surface area contributed by atoms with Crippen molar-refractivity contribution in [2.75, 3.05) is 12.4 Å². The molecule has 0 aliphatic heterocycles. The number of oxazole rings is 1. The number of anilines is 1. The first-order chi connectivity index (χ1) is 15.5. The van der Waals surface area contributed by atoms with E-state index in [4.69, 9.17) is 14.4 Å². The largest absolute Gasteiger partial charge is 0.496 e. The van der Waals surface area contributed by atoms with Crippen molar-refractivity contribution in [2.24, 2.45) is 0 Å². The molecule has 3 amide bonds. The van der Waals surface area contributed by atoms with E-state index >= 15 is 0 Å². The van der Waals surface area contributed by atoms with Crippen molar-refractivity contribution in [3.8, 4) is 17.1 Å². The van der Waals surface area contributed by atoms with E-state index in [1.54, 1.807) is 42.5 Å². The summed E-state index contributed by atoms with van der Waals surface area (Å²) in [4.78, 5) is 39.3. The highest BCUT2D eigenvalue weighted by Crippen LogP contribution is 2.32. The summed E-state index contributed by atoms with van der Waals surface area (Å²) < 4.78 is 10.6. The van der Waals surface area contributed by atoms with Gasteiger partial charge in [-0.05, 0) is 35.4 Å². The van der Waals surface area contributed by atoms with Crippen LogP contribution in [0.3, 0.4) is 0 Å². The van der Waals surface area contributed by atoms with Crippen LogP contribution in [0.15, 0.2) is 65.5 Å². The lowest BCUT2D eigenvalue weighted by Crippen LogP contribution is -2.34. The first-order valence-electron chi connectivity index (χ1n) is 9.37. The molecule has 32 heavy (non-hydrogen) atoms. The molecule has 0 saturated heterocycles. The third-order valence-corrected chi connectivity index (χ3v) is 4.33. The van der Waals surface area contributed by atoms with Crippen LogP contribution in [-0.2, 0) is 20.9 Å². The maximum absolute atomic E-state index is 12.3. The summed E-state index contributed by atoms with van der Waals surface area (Å²) in [6.07, 6.45) is 5.48. The molecule has 0 radical (unpaired) electrons. The van der Waals surface area contributed by atoms with E-state index in [1.165, 1.54) is 37.3 Å². The predicted molar refractivity (Wildman–Crippen MR) is 114 cm³/mol. The van der Waals surface area contributed by atoms with Gasteiger partial charge in [-0.3, -0.25) is 19.6 Å². The number of hydrogen-bond donors (Lipinski definition) is 4. The number of amides is 3. The average Bonchev–Trinajstić information content (AvgIpc) is 3.36. The SMILES string of the molecule is COc1ccc(NC(=O)C(=O)NCc2ccc(/C=C/C(=O)NO)cc2)cc1-c1cnco1. The van der Waals surface area contributed by atoms with Gasteiger partial charge in [0, 0.05) is 18.3 Å². The van der Waals surface area contributed by atoms with Crippen LogP contribution >= 0.6 is 0 Å². The number of nitrogens with one attached hydrogen (secondary N) is 3. The van der Waals surface area contributed by atoms with Crippen molar-refractivity contribution in [2.45, 2.75) is 6.54 Å². The Balaban J connectivity index is 1.57. The minimum Gasteiger partial charge on any atom is -0.496 e. The van der Waals surface area contributed by atoms with E-state index in [0.717, 1.165) is 11.1 Å². The Kier molecular flexibility index (Phi) is 7.33. The van der Waals surface area contributed by atoms with E-state index in [2.05, 4.69) is 15.6 Å². The lowest BCUT2D eigenvalue weighted by molar-refractivity contribution is -0.136. The third-order valence-electron chi connectivity index (χ3n) is 4.33. The number of ether oxygens (including phenoxy) is 1. The normalized spacial score (nSPS) is 10.6. The summed E-state index contributed by atoms with van der Waals surface area (Å²) in [5.74, 6) is -1.28. The summed E-state index contributed by atoms with van der Waals surface area (Å²) in [5, 5.41) is 13.5. The molecule has 4 N–H and O–H groups in total. The van der Waals surface area contributed by atoms with Crippen molar-refractivity contribution in [1.82, 2.24) is 15.8 Å². The van der Waals surface area contributed by atoms with E-state index < -0.39 is 17.7 Å². The highest BCUT2D eigenvalue weighted by molar-refractivity contribution is 6.39. The Labute approximate surface area is 182 Å². The third kappa shape index (κ3) is 5.80. The lowest BCUT2D eigenvalue weighted by atomic mass is 10.1. The molecule has 0 atom stereocenters. The number of hydroxylamine groups is 1. The van der Waals surface area contributed by atoms with Gasteiger partial charge < -0.3 is 19.8 Å². The van der Waals surface area contributed by atoms with Crippen LogP contribution in [0, 0.1) is 0 Å². The number of hydrogen-bond acceptors (Lipinski definition) is 7. The van der Waals surface area contributed by atoms with E-state index in [9.17, 15) is 14.4 Å². The van der Waals surface area contributed by atoms with Crippen LogP contribution in [-0.4, -0.2) is 35.0 Å². The van der Waals surface area contributed by atoms with E-state index in [-0.39, 0.29) is 6.54 Å². The number of carbonyl (C=O) groups excluding carboxylic acids is 3. The van der Waals surface area contributed by atoms with Gasteiger partial charge in [0.25, 0.3) is 5.91 Å². The van der Waals surface area contributed by atoms with Crippen LogP contribution < -0.4 is 20.9 Å². The van der Waals surface area contributed by atoms with Crippen LogP contribution in [0.5, 0.6) is 5.75 Å². The topological polar surface area (TPSA) is 143 Å². The molecule has 10 heteroatoms. The minimum atomic E-state index is -0.826. The molecule has 0 aliphatic rings. The fourth-order valence-corrected chi connectivity index (χ4v) is 2.73. The molecule has 10 nitrogen and oxygen atoms in total. The van der Waals surface area contributed by atoms with Gasteiger partial charge >= 0.3 is 11.8 Å². The van der Waals surface area contributed by atoms with Crippen molar-refractivity contribution < 1.29 is 28.7 Å². The second-order valence-corrected chi connectivity index (χ2v) is 6.47. The molecule has 3 aromatic rings. The summed E-state index contributed by atoms with van der Waals surface area (Å²) >= 11 is 0. The van der Waals surface area contributed by atoms with Gasteiger partial charge in [0.1, 0.15) is 5.75 Å². The maximum atomic E-state index is 12.3. The molecule has 0 spiro atoms. The minimum absolute atomic E-state index is 0.138. The molecule has 0 unspecified atom stereocenters. The van der Waals surface area contributed by atoms with Crippen molar-refractivity contribution in [1.29, 1.82) is 0 Å². The first kappa shape index (κ1) is 22.2. The molecule has 1 aromatic heterocycles. The molecular formula is C22H20N4O6. The van der Waals surface area contributed by atoms with Crippen LogP contribution in [0.2, 0.25) is 0 Å². The Bertz CT molecular complexity index is 1120. The number of nitrogens with zero attached hydrogens (tertiary/aromatic N) is 1. The zero-order chi connectivity index (χ0) is 22.9. The molecule has 1 heterocycles. The van der Waals surface area contributed by atoms with Gasteiger partial charge in [-0.25, -0.2) is 10.5 Å². The Morgan fingerprint density at radius 1 is 1.12 bits per heavy atom. The maximum Gasteiger partial charge on any atom is 0.313 e. The standard InChI is InChI=1S/C22H20N4O6/c1-31-18-8-7-16(10-17(18)19-12-23-13-32-19)25-22(29)21(28)24-11-15-4-2-14(3-5-15)6-9-20(27)26-30/h2-10,12-13,30H,11H2,1H3,(H,24,28)(H,25,29)(H,26,27)/b9-6+. The highest BCUT2D eigenvalue weighted by atomic mass is 16.5. The van der Waals surface area contributed by atoms with Crippen molar-refractivity contribution in [3.63, 3.8) is 0 Å². The number of aromatic nitrogens is 1. The predicted octanol–water partition coefficient (Wildman–Crippen LogP) is 2.12. The average molecular weight is 436 g/mol. The van der Waals surface area contributed by atoms with Gasteiger partial charge in [-0.1, -0.05) is 24.3 Å². The highest BCUT2D eigenvalue weighted by Gasteiger charge is 2.16. The van der Waals surface area contributed by atoms with Crippen LogP contribution in [0.1, 0.15) is 11.1 Å². The van der Waals surface area contributed by atoms with Gasteiger partial charge in [0.15, 0.2) is 12.2 Å². The van der Waals surface area contributed by atoms with Crippen molar-refractivity contribution >= 4 is 29.5 Å². The summed E-state index contributed by atoms with van der Waals surface area (Å²) in [7, 11) is 1.51. The summed E-state index contributed by atoms with van der Waals surface area (Å²) in [5.41, 5.74) is 3.95. The molecule has 0 fully saturated rings. The van der Waals surface area contributed by atoms with Crippen LogP contribution in [0.25, 0.3) is 17.4 Å². The lowest BCUT2D eigenvalue weighted by Gasteiger charge is -2.10. The fraction of sp³-hybridized carbons (Fsp3) is 0.0909. The smallest absolute Gasteiger partial charge is 0.313 e. The molecule has 164 valence electrons. The molecule has 0 aliphatic carbocycles. The quantitative estimate of drug-likeness (QED) is 0.192. The van der Waals surface area contributed by atoms with Gasteiger partial charge in [0.05, 0.1) is 18.9 Å². The molecule has 0 saturated carbocycles. The van der Waals surface area contributed by atoms with Gasteiger partial charge in [-0.15, -0.1) is 0 Å². The Hall–Kier alpha value is -4.44. The van der Waals surface area contributed by atoms with Crippen LogP contribution in [0.4, 0.5) is 5.69 Å². The van der Waals surface area contributed by atoms with Gasteiger partial charge in [0.2, 0.25) is 0 Å². The van der Waals surface area contributed by atoms with E-state index in [1.807, 2.05) is 0 Å². The number of methoxy groups -OCH3 is 1. The first-order valence-corrected chi connectivity index (χ1v) is 9.37. The van der Waals surface area contributed by atoms with Crippen molar-refractivity contribution in [3.05, 3.63) is 72.3 Å². The van der Waals surface area contributed by atoms with Gasteiger partial charge in [-0.2, -0.15) is 0 Å². The second-order valence-electron chi connectivity index (χ2n) is 6.47. The zero-order valence-electron chi connectivity index (χ0n) is 17.0. The fourth-order valence-electron chi connectivity index (χ4n) is 2.73. The number of carbonyl (C=O) groups is 3. The molecular weight excluding hydrogens is 416 g/mol. The Morgan fingerprint density at radius 2 is 1.91 bits per heavy atom. The zero-order valence-corrected chi connectivity index (χ0v) is 17.0. The summed E-state index contributed by atoms with van der Waals surface area (Å²) in [6.45, 7) is 0.138. The molecule has 0 bridgehead atoms. The van der Waals surface area contributed by atoms with E-state index in [0.29, 0.717) is 22.8 Å². The Morgan fingerprint density at radius 3 is 2.56 bits per heavy atom.